The molecule has 0 saturated heterocycles. The number of methoxy groups -OCH3 is 2. The highest BCUT2D eigenvalue weighted by Crippen LogP contribution is 2.31. The van der Waals surface area contributed by atoms with Crippen molar-refractivity contribution in [1.29, 1.82) is 0 Å². The minimum atomic E-state index is 0.198. The maximum atomic E-state index is 5.36. The van der Waals surface area contributed by atoms with E-state index < -0.39 is 0 Å². The van der Waals surface area contributed by atoms with Gasteiger partial charge >= 0.3 is 0 Å². The molecule has 0 aliphatic carbocycles. The maximum absolute atomic E-state index is 5.36. The molecule has 0 saturated carbocycles. The van der Waals surface area contributed by atoms with Crippen molar-refractivity contribution in [2.45, 2.75) is 32.9 Å². The van der Waals surface area contributed by atoms with Crippen molar-refractivity contribution in [2.75, 3.05) is 14.2 Å². The van der Waals surface area contributed by atoms with Crippen LogP contribution in [0.3, 0.4) is 0 Å². The largest absolute Gasteiger partial charge is 0.493 e. The normalized spacial score (nSPS) is 13.8. The summed E-state index contributed by atoms with van der Waals surface area (Å²) in [6.07, 6.45) is 1.92. The Labute approximate surface area is 130 Å². The Balaban J connectivity index is 2.11. The summed E-state index contributed by atoms with van der Waals surface area (Å²) in [5.74, 6) is 1.50. The molecule has 1 aromatic carbocycles. The lowest BCUT2D eigenvalue weighted by molar-refractivity contribution is 0.353. The smallest absolute Gasteiger partial charge is 0.161 e. The molecule has 2 aromatic rings. The lowest BCUT2D eigenvalue weighted by atomic mass is 10.1. The lowest BCUT2D eigenvalue weighted by Gasteiger charge is -2.20. The summed E-state index contributed by atoms with van der Waals surface area (Å²) in [6, 6.07) is 6.41. The minimum Gasteiger partial charge on any atom is -0.493 e. The maximum Gasteiger partial charge on any atom is 0.161 e. The number of aromatic nitrogens is 1. The molecule has 2 unspecified atom stereocenters. The van der Waals surface area contributed by atoms with E-state index in [1.54, 1.807) is 25.6 Å². The van der Waals surface area contributed by atoms with E-state index in [0.717, 1.165) is 22.1 Å². The molecule has 114 valence electrons. The van der Waals surface area contributed by atoms with Gasteiger partial charge in [0.2, 0.25) is 0 Å². The van der Waals surface area contributed by atoms with Gasteiger partial charge in [-0.2, -0.15) is 0 Å². The predicted molar refractivity (Wildman–Crippen MR) is 86.4 cm³/mol. The number of thiazole rings is 1. The fourth-order valence-electron chi connectivity index (χ4n) is 2.24. The Morgan fingerprint density at radius 1 is 1.10 bits per heavy atom. The summed E-state index contributed by atoms with van der Waals surface area (Å²) in [6.45, 7) is 6.35. The van der Waals surface area contributed by atoms with Gasteiger partial charge in [0, 0.05) is 17.1 Å². The van der Waals surface area contributed by atoms with Gasteiger partial charge in [-0.05, 0) is 38.5 Å². The fourth-order valence-corrected chi connectivity index (χ4v) is 3.02. The van der Waals surface area contributed by atoms with Crippen LogP contribution in [-0.2, 0) is 0 Å². The second kappa shape index (κ2) is 6.91. The molecule has 0 radical (unpaired) electrons. The average molecular weight is 306 g/mol. The zero-order valence-corrected chi connectivity index (χ0v) is 14.0. The zero-order valence-electron chi connectivity index (χ0n) is 13.1. The third kappa shape index (κ3) is 3.74. The summed E-state index contributed by atoms with van der Waals surface area (Å²) in [7, 11) is 3.30. The Hall–Kier alpha value is -1.59. The quantitative estimate of drug-likeness (QED) is 0.879. The van der Waals surface area contributed by atoms with Gasteiger partial charge in [0.1, 0.15) is 5.01 Å². The molecule has 2 rings (SSSR count). The third-order valence-corrected chi connectivity index (χ3v) is 4.51. The minimum absolute atomic E-state index is 0.198. The molecule has 0 fully saturated rings. The Bertz CT molecular complexity index is 598. The standard InChI is InChI=1S/C16H22N2O2S/c1-10-9-17-16(21-10)12(3)18-11(2)13-6-7-14(19-4)15(8-13)20-5/h6-9,11-12,18H,1-5H3. The SMILES string of the molecule is COc1ccc(C(C)NC(C)c2ncc(C)s2)cc1OC. The number of ether oxygens (including phenoxy) is 2. The van der Waals surface area contributed by atoms with E-state index in [-0.39, 0.29) is 12.1 Å². The van der Waals surface area contributed by atoms with Crippen LogP contribution in [0.2, 0.25) is 0 Å². The van der Waals surface area contributed by atoms with Gasteiger partial charge in [-0.25, -0.2) is 4.98 Å². The molecule has 1 aromatic heterocycles. The molecule has 5 heteroatoms. The van der Waals surface area contributed by atoms with Crippen LogP contribution in [0.25, 0.3) is 0 Å². The Morgan fingerprint density at radius 2 is 1.81 bits per heavy atom. The Kier molecular flexibility index (Phi) is 5.20. The second-order valence-electron chi connectivity index (χ2n) is 5.03. The molecule has 21 heavy (non-hydrogen) atoms. The number of nitrogens with zero attached hydrogens (tertiary/aromatic N) is 1. The monoisotopic (exact) mass is 306 g/mol. The molecule has 0 bridgehead atoms. The first-order chi connectivity index (χ1) is 10.0. The molecule has 0 amide bonds. The zero-order chi connectivity index (χ0) is 15.4. The van der Waals surface area contributed by atoms with Crippen LogP contribution in [0.4, 0.5) is 0 Å². The molecular formula is C16H22N2O2S. The molecular weight excluding hydrogens is 284 g/mol. The van der Waals surface area contributed by atoms with Crippen molar-refractivity contribution in [3.05, 3.63) is 39.8 Å². The lowest BCUT2D eigenvalue weighted by Crippen LogP contribution is -2.22. The first-order valence-corrected chi connectivity index (χ1v) is 7.77. The number of rotatable bonds is 6. The van der Waals surface area contributed by atoms with Crippen molar-refractivity contribution in [3.8, 4) is 11.5 Å². The van der Waals surface area contributed by atoms with Gasteiger partial charge in [-0.15, -0.1) is 11.3 Å². The molecule has 0 aliphatic rings. The van der Waals surface area contributed by atoms with Crippen LogP contribution in [0.1, 0.15) is 41.4 Å². The molecule has 0 spiro atoms. The highest BCUT2D eigenvalue weighted by Gasteiger charge is 2.15. The first kappa shape index (κ1) is 15.8. The average Bonchev–Trinajstić information content (AvgIpc) is 2.93. The fraction of sp³-hybridized carbons (Fsp3) is 0.438. The van der Waals surface area contributed by atoms with Crippen LogP contribution in [0.5, 0.6) is 11.5 Å². The van der Waals surface area contributed by atoms with Crippen LogP contribution in [0.15, 0.2) is 24.4 Å². The van der Waals surface area contributed by atoms with Gasteiger partial charge in [-0.1, -0.05) is 6.07 Å². The van der Waals surface area contributed by atoms with Crippen molar-refractivity contribution >= 4 is 11.3 Å². The third-order valence-electron chi connectivity index (χ3n) is 3.42. The molecule has 0 aliphatic heterocycles. The number of hydrogen-bond acceptors (Lipinski definition) is 5. The summed E-state index contributed by atoms with van der Waals surface area (Å²) >= 11 is 1.73. The van der Waals surface area contributed by atoms with E-state index in [9.17, 15) is 0 Å². The van der Waals surface area contributed by atoms with Gasteiger partial charge < -0.3 is 14.8 Å². The van der Waals surface area contributed by atoms with Gasteiger partial charge in [0.25, 0.3) is 0 Å². The van der Waals surface area contributed by atoms with E-state index in [1.165, 1.54) is 4.88 Å². The van der Waals surface area contributed by atoms with Crippen molar-refractivity contribution < 1.29 is 9.47 Å². The predicted octanol–water partition coefficient (Wildman–Crippen LogP) is 3.88. The summed E-state index contributed by atoms with van der Waals surface area (Å²) in [5.41, 5.74) is 1.16. The van der Waals surface area contributed by atoms with Gasteiger partial charge in [0.05, 0.1) is 20.3 Å². The van der Waals surface area contributed by atoms with E-state index in [4.69, 9.17) is 9.47 Å². The second-order valence-corrected chi connectivity index (χ2v) is 6.30. The van der Waals surface area contributed by atoms with Crippen LogP contribution < -0.4 is 14.8 Å². The number of nitrogens with one attached hydrogen (secondary N) is 1. The van der Waals surface area contributed by atoms with E-state index >= 15 is 0 Å². The van der Waals surface area contributed by atoms with Crippen LogP contribution in [0, 0.1) is 6.92 Å². The number of aryl methyl sites for hydroxylation is 1. The Morgan fingerprint density at radius 3 is 2.38 bits per heavy atom. The van der Waals surface area contributed by atoms with E-state index in [1.807, 2.05) is 18.3 Å². The molecule has 1 N–H and O–H groups in total. The molecule has 1 heterocycles. The van der Waals surface area contributed by atoms with E-state index in [2.05, 4.69) is 37.1 Å². The highest BCUT2D eigenvalue weighted by atomic mass is 32.1. The molecule has 4 nitrogen and oxygen atoms in total. The van der Waals surface area contributed by atoms with Crippen LogP contribution >= 0.6 is 11.3 Å². The van der Waals surface area contributed by atoms with Crippen molar-refractivity contribution in [1.82, 2.24) is 10.3 Å². The number of hydrogen-bond donors (Lipinski definition) is 1. The summed E-state index contributed by atoms with van der Waals surface area (Å²) in [5, 5.41) is 4.68. The summed E-state index contributed by atoms with van der Waals surface area (Å²) in [4.78, 5) is 5.67. The summed E-state index contributed by atoms with van der Waals surface area (Å²) < 4.78 is 10.6. The topological polar surface area (TPSA) is 43.4 Å². The van der Waals surface area contributed by atoms with Gasteiger partial charge in [-0.3, -0.25) is 0 Å². The van der Waals surface area contributed by atoms with Crippen molar-refractivity contribution in [2.24, 2.45) is 0 Å². The number of benzene rings is 1. The highest BCUT2D eigenvalue weighted by molar-refractivity contribution is 7.11. The molecule has 2 atom stereocenters. The van der Waals surface area contributed by atoms with E-state index in [0.29, 0.717) is 0 Å². The van der Waals surface area contributed by atoms with Crippen LogP contribution in [-0.4, -0.2) is 19.2 Å². The van der Waals surface area contributed by atoms with Gasteiger partial charge in [0.15, 0.2) is 11.5 Å². The first-order valence-electron chi connectivity index (χ1n) is 6.95. The van der Waals surface area contributed by atoms with Crippen molar-refractivity contribution in [3.63, 3.8) is 0 Å².